The number of aromatic nitrogens is 3. The molecule has 2 heterocycles. The summed E-state index contributed by atoms with van der Waals surface area (Å²) in [7, 11) is 0. The predicted molar refractivity (Wildman–Crippen MR) is 49.5 cm³/mol. The third kappa shape index (κ3) is 1.37. The summed E-state index contributed by atoms with van der Waals surface area (Å²) >= 11 is 0. The van der Waals surface area contributed by atoms with Gasteiger partial charge in [0.1, 0.15) is 11.5 Å². The molecule has 0 bridgehead atoms. The van der Waals surface area contributed by atoms with Crippen LogP contribution in [0.2, 0.25) is 0 Å². The summed E-state index contributed by atoms with van der Waals surface area (Å²) in [5, 5.41) is 3.53. The topological polar surface area (TPSA) is 97.8 Å². The van der Waals surface area contributed by atoms with Crippen molar-refractivity contribution >= 4 is 5.82 Å². The van der Waals surface area contributed by atoms with Crippen molar-refractivity contribution in [3.63, 3.8) is 0 Å². The standard InChI is InChI=1S/C8H8N4O2/c1-4-2-3-5(9)10-6(4)7-11-8(13)14-12-7/h2-3H,1H3,(H2,9,10)(H,11,12,13). The summed E-state index contributed by atoms with van der Waals surface area (Å²) in [6, 6.07) is 3.47. The van der Waals surface area contributed by atoms with Crippen LogP contribution in [0.1, 0.15) is 5.56 Å². The Hall–Kier alpha value is -2.11. The number of nitrogen functional groups attached to an aromatic ring is 1. The van der Waals surface area contributed by atoms with Crippen molar-refractivity contribution in [1.82, 2.24) is 15.1 Å². The molecular formula is C8H8N4O2. The molecular weight excluding hydrogens is 184 g/mol. The van der Waals surface area contributed by atoms with E-state index < -0.39 is 5.76 Å². The molecule has 0 spiro atoms. The van der Waals surface area contributed by atoms with Gasteiger partial charge in [-0.2, -0.15) is 0 Å². The van der Waals surface area contributed by atoms with Crippen molar-refractivity contribution in [2.75, 3.05) is 5.73 Å². The number of pyridine rings is 1. The van der Waals surface area contributed by atoms with E-state index >= 15 is 0 Å². The number of aryl methyl sites for hydroxylation is 1. The molecule has 0 aliphatic rings. The van der Waals surface area contributed by atoms with Crippen molar-refractivity contribution in [3.8, 4) is 11.5 Å². The quantitative estimate of drug-likeness (QED) is 0.677. The highest BCUT2D eigenvalue weighted by atomic mass is 16.5. The van der Waals surface area contributed by atoms with Crippen molar-refractivity contribution in [1.29, 1.82) is 0 Å². The lowest BCUT2D eigenvalue weighted by Crippen LogP contribution is -1.98. The second kappa shape index (κ2) is 2.99. The predicted octanol–water partition coefficient (Wildman–Crippen LogP) is 0.316. The molecule has 6 nitrogen and oxygen atoms in total. The van der Waals surface area contributed by atoms with Crippen molar-refractivity contribution in [2.45, 2.75) is 6.92 Å². The van der Waals surface area contributed by atoms with Gasteiger partial charge in [0.15, 0.2) is 0 Å². The molecule has 0 aromatic carbocycles. The highest BCUT2D eigenvalue weighted by Crippen LogP contribution is 2.16. The molecule has 2 aromatic rings. The summed E-state index contributed by atoms with van der Waals surface area (Å²) in [5.74, 6) is 0.0536. The third-order valence-electron chi connectivity index (χ3n) is 1.78. The highest BCUT2D eigenvalue weighted by Gasteiger charge is 2.08. The van der Waals surface area contributed by atoms with Gasteiger partial charge < -0.3 is 5.73 Å². The first-order valence-electron chi connectivity index (χ1n) is 3.96. The van der Waals surface area contributed by atoms with E-state index in [2.05, 4.69) is 19.6 Å². The number of nitrogens with two attached hydrogens (primary N) is 1. The molecule has 0 aliphatic carbocycles. The number of rotatable bonds is 1. The number of hydrogen-bond donors (Lipinski definition) is 2. The molecule has 3 N–H and O–H groups in total. The summed E-state index contributed by atoms with van der Waals surface area (Å²) in [4.78, 5) is 17.2. The van der Waals surface area contributed by atoms with Crippen LogP contribution in [0, 0.1) is 6.92 Å². The monoisotopic (exact) mass is 192 g/mol. The van der Waals surface area contributed by atoms with E-state index in [9.17, 15) is 4.79 Å². The molecule has 0 unspecified atom stereocenters. The number of H-pyrrole nitrogens is 1. The zero-order valence-corrected chi connectivity index (χ0v) is 7.44. The minimum absolute atomic E-state index is 0.291. The van der Waals surface area contributed by atoms with E-state index in [0.717, 1.165) is 5.56 Å². The number of hydrogen-bond acceptors (Lipinski definition) is 5. The fourth-order valence-corrected chi connectivity index (χ4v) is 1.12. The van der Waals surface area contributed by atoms with Crippen LogP contribution < -0.4 is 11.5 Å². The van der Waals surface area contributed by atoms with Gasteiger partial charge in [0.2, 0.25) is 5.82 Å². The van der Waals surface area contributed by atoms with E-state index in [0.29, 0.717) is 17.3 Å². The summed E-state index contributed by atoms with van der Waals surface area (Å²) in [6.45, 7) is 1.84. The van der Waals surface area contributed by atoms with E-state index in [1.54, 1.807) is 12.1 Å². The lowest BCUT2D eigenvalue weighted by Gasteiger charge is -2.00. The maximum atomic E-state index is 10.7. The smallest absolute Gasteiger partial charge is 0.384 e. The highest BCUT2D eigenvalue weighted by molar-refractivity contribution is 5.56. The average molecular weight is 192 g/mol. The van der Waals surface area contributed by atoms with Crippen LogP contribution in [0.15, 0.2) is 21.5 Å². The Morgan fingerprint density at radius 1 is 1.50 bits per heavy atom. The van der Waals surface area contributed by atoms with Crippen LogP contribution in [-0.2, 0) is 0 Å². The Kier molecular flexibility index (Phi) is 1.81. The van der Waals surface area contributed by atoms with Gasteiger partial charge in [0.25, 0.3) is 0 Å². The number of nitrogens with zero attached hydrogens (tertiary/aromatic N) is 2. The van der Waals surface area contributed by atoms with Gasteiger partial charge >= 0.3 is 5.76 Å². The Bertz CT molecular complexity index is 514. The fraction of sp³-hybridized carbons (Fsp3) is 0.125. The van der Waals surface area contributed by atoms with Crippen LogP contribution in [-0.4, -0.2) is 15.1 Å². The largest absolute Gasteiger partial charge is 0.439 e. The maximum Gasteiger partial charge on any atom is 0.439 e. The molecule has 14 heavy (non-hydrogen) atoms. The molecule has 0 saturated carbocycles. The minimum atomic E-state index is -0.608. The van der Waals surface area contributed by atoms with Crippen LogP contribution in [0.4, 0.5) is 5.82 Å². The summed E-state index contributed by atoms with van der Waals surface area (Å²) in [6.07, 6.45) is 0. The van der Waals surface area contributed by atoms with E-state index in [4.69, 9.17) is 5.73 Å². The average Bonchev–Trinajstić information content (AvgIpc) is 2.56. The van der Waals surface area contributed by atoms with Crippen molar-refractivity contribution in [2.24, 2.45) is 0 Å². The summed E-state index contributed by atoms with van der Waals surface area (Å²) < 4.78 is 4.37. The van der Waals surface area contributed by atoms with Gasteiger partial charge in [-0.05, 0) is 18.6 Å². The fourth-order valence-electron chi connectivity index (χ4n) is 1.12. The van der Waals surface area contributed by atoms with Gasteiger partial charge in [-0.3, -0.25) is 9.51 Å². The number of aromatic amines is 1. The van der Waals surface area contributed by atoms with Gasteiger partial charge in [0, 0.05) is 0 Å². The Morgan fingerprint density at radius 3 is 2.93 bits per heavy atom. The first kappa shape index (κ1) is 8.49. The first-order valence-corrected chi connectivity index (χ1v) is 3.96. The van der Waals surface area contributed by atoms with Crippen LogP contribution >= 0.6 is 0 Å². The molecule has 0 amide bonds. The second-order valence-corrected chi connectivity index (χ2v) is 2.85. The van der Waals surface area contributed by atoms with Crippen LogP contribution in [0.25, 0.3) is 11.5 Å². The van der Waals surface area contributed by atoms with Gasteiger partial charge in [-0.1, -0.05) is 11.2 Å². The summed E-state index contributed by atoms with van der Waals surface area (Å²) in [5.41, 5.74) is 6.90. The molecule has 0 saturated heterocycles. The zero-order chi connectivity index (χ0) is 10.1. The number of anilines is 1. The third-order valence-corrected chi connectivity index (χ3v) is 1.78. The van der Waals surface area contributed by atoms with Crippen molar-refractivity contribution in [3.05, 3.63) is 28.2 Å². The van der Waals surface area contributed by atoms with Gasteiger partial charge in [-0.25, -0.2) is 9.78 Å². The van der Waals surface area contributed by atoms with E-state index in [1.165, 1.54) is 0 Å². The maximum absolute atomic E-state index is 10.7. The number of nitrogens with one attached hydrogen (secondary N) is 1. The molecule has 0 aliphatic heterocycles. The normalized spacial score (nSPS) is 10.4. The minimum Gasteiger partial charge on any atom is -0.384 e. The van der Waals surface area contributed by atoms with E-state index in [1.807, 2.05) is 6.92 Å². The molecule has 72 valence electrons. The van der Waals surface area contributed by atoms with Gasteiger partial charge in [0.05, 0.1) is 0 Å². The zero-order valence-electron chi connectivity index (χ0n) is 7.44. The Labute approximate surface area is 78.8 Å². The molecule has 0 radical (unpaired) electrons. The molecule has 0 fully saturated rings. The Balaban J connectivity index is 2.61. The second-order valence-electron chi connectivity index (χ2n) is 2.85. The van der Waals surface area contributed by atoms with Crippen molar-refractivity contribution < 1.29 is 4.52 Å². The lowest BCUT2D eigenvalue weighted by atomic mass is 10.2. The molecule has 2 aromatic heterocycles. The molecule has 0 atom stereocenters. The van der Waals surface area contributed by atoms with Gasteiger partial charge in [-0.15, -0.1) is 0 Å². The van der Waals surface area contributed by atoms with E-state index in [-0.39, 0.29) is 0 Å². The molecule has 6 heteroatoms. The van der Waals surface area contributed by atoms with Crippen LogP contribution in [0.3, 0.4) is 0 Å². The molecule has 2 rings (SSSR count). The Morgan fingerprint density at radius 2 is 2.29 bits per heavy atom. The first-order chi connectivity index (χ1) is 6.66. The SMILES string of the molecule is Cc1ccc(N)nc1-c1noc(=O)[nH]1. The van der Waals surface area contributed by atoms with Crippen LogP contribution in [0.5, 0.6) is 0 Å². The lowest BCUT2D eigenvalue weighted by molar-refractivity contribution is 0.387.